The molecule has 1 fully saturated rings. The van der Waals surface area contributed by atoms with Gasteiger partial charge in [0.05, 0.1) is 16.4 Å². The number of benzene rings is 2. The lowest BCUT2D eigenvalue weighted by Crippen LogP contribution is -2.27. The normalized spacial score (nSPS) is 15.7. The third-order valence-corrected chi connectivity index (χ3v) is 5.88. The molecule has 0 atom stereocenters. The number of nitro groups is 1. The van der Waals surface area contributed by atoms with Crippen LogP contribution in [-0.2, 0) is 11.3 Å². The number of fused-ring (bicyclic) bond motifs is 1. The van der Waals surface area contributed by atoms with Crippen LogP contribution in [-0.4, -0.2) is 25.5 Å². The molecule has 1 aliphatic heterocycles. The molecule has 0 unspecified atom stereocenters. The molecular formula is C22H19N3O4S. The smallest absolute Gasteiger partial charge is 0.293 e. The first kappa shape index (κ1) is 19.9. The Morgan fingerprint density at radius 2 is 1.80 bits per heavy atom. The number of amides is 2. The molecule has 2 heterocycles. The van der Waals surface area contributed by atoms with E-state index in [-0.39, 0.29) is 29.4 Å². The van der Waals surface area contributed by atoms with Crippen molar-refractivity contribution < 1.29 is 14.5 Å². The highest BCUT2D eigenvalue weighted by Gasteiger charge is 2.35. The predicted molar refractivity (Wildman–Crippen MR) is 117 cm³/mol. The van der Waals surface area contributed by atoms with Crippen LogP contribution in [0.5, 0.6) is 0 Å². The third kappa shape index (κ3) is 3.61. The summed E-state index contributed by atoms with van der Waals surface area (Å²) in [6.07, 6.45) is 3.77. The Morgan fingerprint density at radius 1 is 1.10 bits per heavy atom. The van der Waals surface area contributed by atoms with Gasteiger partial charge in [0.15, 0.2) is 0 Å². The maximum absolute atomic E-state index is 12.9. The lowest BCUT2D eigenvalue weighted by molar-refractivity contribution is -0.384. The number of nitro benzene ring substituents is 1. The van der Waals surface area contributed by atoms with Crippen molar-refractivity contribution in [3.8, 4) is 0 Å². The Bertz CT molecular complexity index is 1190. The molecule has 0 aliphatic carbocycles. The van der Waals surface area contributed by atoms with Gasteiger partial charge in [0, 0.05) is 40.8 Å². The number of rotatable bonds is 5. The molecule has 1 aliphatic rings. The van der Waals surface area contributed by atoms with E-state index in [0.717, 1.165) is 28.2 Å². The molecule has 8 heteroatoms. The first-order valence-electron chi connectivity index (χ1n) is 9.43. The van der Waals surface area contributed by atoms with Gasteiger partial charge in [0.1, 0.15) is 0 Å². The second kappa shape index (κ2) is 7.79. The molecule has 7 nitrogen and oxygen atoms in total. The molecule has 0 saturated carbocycles. The number of thioether (sulfide) groups is 1. The van der Waals surface area contributed by atoms with Gasteiger partial charge in [0.25, 0.3) is 16.8 Å². The number of carbonyl (C=O) groups is 2. The van der Waals surface area contributed by atoms with Crippen LogP contribution in [0.3, 0.4) is 0 Å². The number of carbonyl (C=O) groups excluding carboxylic acids is 2. The van der Waals surface area contributed by atoms with Gasteiger partial charge in [-0.05, 0) is 43.3 Å². The van der Waals surface area contributed by atoms with E-state index >= 15 is 0 Å². The second-order valence-electron chi connectivity index (χ2n) is 7.29. The molecule has 0 radical (unpaired) electrons. The van der Waals surface area contributed by atoms with Gasteiger partial charge in [-0.2, -0.15) is 0 Å². The zero-order chi connectivity index (χ0) is 21.4. The van der Waals surface area contributed by atoms with E-state index in [2.05, 4.69) is 18.4 Å². The zero-order valence-electron chi connectivity index (χ0n) is 16.4. The summed E-state index contributed by atoms with van der Waals surface area (Å²) in [5.41, 5.74) is 2.58. The minimum Gasteiger partial charge on any atom is -0.344 e. The summed E-state index contributed by atoms with van der Waals surface area (Å²) in [5.74, 6) is -0.357. The van der Waals surface area contributed by atoms with Crippen molar-refractivity contribution in [2.45, 2.75) is 26.4 Å². The molecule has 0 spiro atoms. The fourth-order valence-corrected chi connectivity index (χ4v) is 4.29. The largest absolute Gasteiger partial charge is 0.344 e. The van der Waals surface area contributed by atoms with Crippen LogP contribution in [0.2, 0.25) is 0 Å². The third-order valence-electron chi connectivity index (χ3n) is 4.98. The van der Waals surface area contributed by atoms with Crippen molar-refractivity contribution in [1.82, 2.24) is 9.47 Å². The van der Waals surface area contributed by atoms with Crippen LogP contribution in [0, 0.1) is 10.1 Å². The molecule has 1 saturated heterocycles. The van der Waals surface area contributed by atoms with Crippen molar-refractivity contribution >= 4 is 45.6 Å². The van der Waals surface area contributed by atoms with Gasteiger partial charge in [-0.15, -0.1) is 0 Å². The first-order valence-corrected chi connectivity index (χ1v) is 10.2. The van der Waals surface area contributed by atoms with Crippen LogP contribution in [0.4, 0.5) is 10.5 Å². The Morgan fingerprint density at radius 3 is 2.47 bits per heavy atom. The maximum Gasteiger partial charge on any atom is 0.293 e. The number of para-hydroxylation sites is 1. The Balaban J connectivity index is 1.62. The Kier molecular flexibility index (Phi) is 5.17. The number of aromatic nitrogens is 1. The number of non-ortho nitro benzene ring substituents is 1. The first-order chi connectivity index (χ1) is 14.3. The standard InChI is InChI=1S/C22H19N3O4S/c1-14(2)23-13-16(18-5-3-4-6-19(18)23)11-20-21(26)24(22(27)30-20)12-15-7-9-17(10-8-15)25(28)29/h3-11,13-14H,12H2,1-2H3/b20-11+. The van der Waals surface area contributed by atoms with Crippen LogP contribution < -0.4 is 0 Å². The molecule has 0 N–H and O–H groups in total. The summed E-state index contributed by atoms with van der Waals surface area (Å²) < 4.78 is 2.14. The van der Waals surface area contributed by atoms with Crippen LogP contribution in [0.1, 0.15) is 31.0 Å². The molecule has 1 aromatic heterocycles. The number of nitrogens with zero attached hydrogens (tertiary/aromatic N) is 3. The van der Waals surface area contributed by atoms with E-state index in [1.54, 1.807) is 18.2 Å². The molecule has 0 bridgehead atoms. The van der Waals surface area contributed by atoms with Crippen LogP contribution in [0.15, 0.2) is 59.6 Å². The monoisotopic (exact) mass is 421 g/mol. The zero-order valence-corrected chi connectivity index (χ0v) is 17.3. The summed E-state index contributed by atoms with van der Waals surface area (Å²) in [4.78, 5) is 37.2. The van der Waals surface area contributed by atoms with E-state index in [0.29, 0.717) is 10.5 Å². The molecule has 4 rings (SSSR count). The van der Waals surface area contributed by atoms with Crippen LogP contribution in [0.25, 0.3) is 17.0 Å². The second-order valence-corrected chi connectivity index (χ2v) is 8.29. The summed E-state index contributed by atoms with van der Waals surface area (Å²) in [5, 5.41) is 11.5. The highest BCUT2D eigenvalue weighted by molar-refractivity contribution is 8.18. The molecule has 152 valence electrons. The quantitative estimate of drug-likeness (QED) is 0.314. The van der Waals surface area contributed by atoms with E-state index in [1.165, 1.54) is 17.0 Å². The maximum atomic E-state index is 12.9. The summed E-state index contributed by atoms with van der Waals surface area (Å²) in [6, 6.07) is 14.1. The highest BCUT2D eigenvalue weighted by Crippen LogP contribution is 2.35. The fraction of sp³-hybridized carbons (Fsp3) is 0.182. The molecular weight excluding hydrogens is 402 g/mol. The molecule has 2 amide bonds. The van der Waals surface area contributed by atoms with Crippen LogP contribution >= 0.6 is 11.8 Å². The summed E-state index contributed by atoms with van der Waals surface area (Å²) in [6.45, 7) is 4.26. The SMILES string of the molecule is CC(C)n1cc(/C=C2/SC(=O)N(Cc3ccc([N+](=O)[O-])cc3)C2=O)c2ccccc21. The van der Waals surface area contributed by atoms with E-state index in [4.69, 9.17) is 0 Å². The van der Waals surface area contributed by atoms with Gasteiger partial charge in [-0.3, -0.25) is 24.6 Å². The summed E-state index contributed by atoms with van der Waals surface area (Å²) >= 11 is 0.911. The molecule has 3 aromatic rings. The molecule has 2 aromatic carbocycles. The summed E-state index contributed by atoms with van der Waals surface area (Å²) in [7, 11) is 0. The lowest BCUT2D eigenvalue weighted by Gasteiger charge is -2.12. The van der Waals surface area contributed by atoms with Gasteiger partial charge in [0.2, 0.25) is 0 Å². The van der Waals surface area contributed by atoms with Gasteiger partial charge < -0.3 is 4.57 Å². The van der Waals surface area contributed by atoms with E-state index in [9.17, 15) is 19.7 Å². The van der Waals surface area contributed by atoms with Gasteiger partial charge in [-0.1, -0.05) is 30.3 Å². The predicted octanol–water partition coefficient (Wildman–Crippen LogP) is 5.37. The Labute approximate surface area is 177 Å². The lowest BCUT2D eigenvalue weighted by atomic mass is 10.1. The topological polar surface area (TPSA) is 85.4 Å². The number of hydrogen-bond donors (Lipinski definition) is 0. The highest BCUT2D eigenvalue weighted by atomic mass is 32.2. The van der Waals surface area contributed by atoms with Gasteiger partial charge >= 0.3 is 0 Å². The van der Waals surface area contributed by atoms with Crippen molar-refractivity contribution in [1.29, 1.82) is 0 Å². The minimum atomic E-state index is -0.486. The minimum absolute atomic E-state index is 0.0330. The van der Waals surface area contributed by atoms with Gasteiger partial charge in [-0.25, -0.2) is 0 Å². The number of hydrogen-bond acceptors (Lipinski definition) is 5. The number of imide groups is 1. The van der Waals surface area contributed by atoms with E-state index < -0.39 is 4.92 Å². The molecule has 30 heavy (non-hydrogen) atoms. The van der Waals surface area contributed by atoms with Crippen molar-refractivity contribution in [3.63, 3.8) is 0 Å². The van der Waals surface area contributed by atoms with Crippen molar-refractivity contribution in [2.24, 2.45) is 0 Å². The van der Waals surface area contributed by atoms with Crippen molar-refractivity contribution in [2.75, 3.05) is 0 Å². The average molecular weight is 421 g/mol. The van der Waals surface area contributed by atoms with E-state index in [1.807, 2.05) is 30.5 Å². The Hall–Kier alpha value is -3.39. The van der Waals surface area contributed by atoms with Crippen molar-refractivity contribution in [3.05, 3.63) is 80.9 Å². The average Bonchev–Trinajstić information content (AvgIpc) is 3.22. The fourth-order valence-electron chi connectivity index (χ4n) is 3.46.